The Labute approximate surface area is 93.9 Å². The zero-order valence-corrected chi connectivity index (χ0v) is 10.5. The Kier molecular flexibility index (Phi) is 2.83. The number of allylic oxidation sites excluding steroid dienone is 2. The molecule has 1 heteroatoms. The summed E-state index contributed by atoms with van der Waals surface area (Å²) in [5.74, 6) is 3.80. The Bertz CT molecular complexity index is 265. The Morgan fingerprint density at radius 1 is 1.27 bits per heavy atom. The molecule has 15 heavy (non-hydrogen) atoms. The lowest BCUT2D eigenvalue weighted by Gasteiger charge is -2.38. The molecule has 0 N–H and O–H groups in total. The zero-order valence-electron chi connectivity index (χ0n) is 10.5. The van der Waals surface area contributed by atoms with Crippen LogP contribution < -0.4 is 0 Å². The van der Waals surface area contributed by atoms with Crippen LogP contribution in [0.15, 0.2) is 11.8 Å². The van der Waals surface area contributed by atoms with E-state index < -0.39 is 0 Å². The molecule has 0 amide bonds. The molecular weight excluding hydrogens is 184 g/mol. The lowest BCUT2D eigenvalue weighted by atomic mass is 9.78. The number of fused-ring (bicyclic) bond motifs is 2. The van der Waals surface area contributed by atoms with E-state index in [1.165, 1.54) is 25.7 Å². The van der Waals surface area contributed by atoms with Crippen molar-refractivity contribution in [2.24, 2.45) is 17.8 Å². The van der Waals surface area contributed by atoms with Crippen LogP contribution in [-0.2, 0) is 4.74 Å². The molecule has 1 nitrogen and oxygen atoms in total. The monoisotopic (exact) mass is 208 g/mol. The van der Waals surface area contributed by atoms with Gasteiger partial charge in [0.15, 0.2) is 0 Å². The Morgan fingerprint density at radius 3 is 2.47 bits per heavy atom. The van der Waals surface area contributed by atoms with E-state index in [4.69, 9.17) is 4.74 Å². The molecule has 0 aliphatic heterocycles. The third kappa shape index (κ3) is 2.07. The number of ether oxygens (including phenoxy) is 1. The second-order valence-corrected chi connectivity index (χ2v) is 5.89. The van der Waals surface area contributed by atoms with Gasteiger partial charge in [-0.15, -0.1) is 0 Å². The van der Waals surface area contributed by atoms with Gasteiger partial charge in [-0.3, -0.25) is 0 Å². The van der Waals surface area contributed by atoms with Gasteiger partial charge in [0, 0.05) is 5.92 Å². The summed E-state index contributed by atoms with van der Waals surface area (Å²) in [5.41, 5.74) is 0.0381. The summed E-state index contributed by atoms with van der Waals surface area (Å²) in [6.07, 6.45) is 7.84. The van der Waals surface area contributed by atoms with E-state index >= 15 is 0 Å². The van der Waals surface area contributed by atoms with Crippen molar-refractivity contribution in [2.75, 3.05) is 0 Å². The van der Waals surface area contributed by atoms with Crippen molar-refractivity contribution in [1.82, 2.24) is 0 Å². The minimum atomic E-state index is 0.0381. The first kappa shape index (κ1) is 11.0. The van der Waals surface area contributed by atoms with Gasteiger partial charge in [0.25, 0.3) is 0 Å². The van der Waals surface area contributed by atoms with E-state index in [-0.39, 0.29) is 5.60 Å². The van der Waals surface area contributed by atoms with Gasteiger partial charge >= 0.3 is 0 Å². The van der Waals surface area contributed by atoms with Gasteiger partial charge in [0.2, 0.25) is 0 Å². The maximum Gasteiger partial charge on any atom is 0.106 e. The van der Waals surface area contributed by atoms with Crippen LogP contribution in [0.25, 0.3) is 0 Å². The first-order valence-corrected chi connectivity index (χ1v) is 6.35. The molecule has 0 saturated heterocycles. The highest BCUT2D eigenvalue weighted by Gasteiger charge is 2.47. The molecule has 2 aliphatic rings. The van der Waals surface area contributed by atoms with Crippen LogP contribution in [0.1, 0.15) is 53.4 Å². The van der Waals surface area contributed by atoms with Crippen molar-refractivity contribution in [1.29, 1.82) is 0 Å². The van der Waals surface area contributed by atoms with Crippen molar-refractivity contribution in [2.45, 2.75) is 59.0 Å². The standard InChI is InChI=1S/C14H24O/c1-5-10(2)15-14(3,4)13-9-11-6-7-12(13)8-11/h5,11-13H,6-9H2,1-4H3. The number of rotatable bonds is 3. The van der Waals surface area contributed by atoms with E-state index in [0.717, 1.165) is 23.5 Å². The van der Waals surface area contributed by atoms with Gasteiger partial charge in [-0.25, -0.2) is 0 Å². The highest BCUT2D eigenvalue weighted by atomic mass is 16.5. The predicted molar refractivity (Wildman–Crippen MR) is 63.5 cm³/mol. The van der Waals surface area contributed by atoms with Crippen molar-refractivity contribution >= 4 is 0 Å². The fourth-order valence-electron chi connectivity index (χ4n) is 3.65. The molecule has 0 heterocycles. The van der Waals surface area contributed by atoms with Crippen LogP contribution in [-0.4, -0.2) is 5.60 Å². The summed E-state index contributed by atoms with van der Waals surface area (Å²) in [5, 5.41) is 0. The molecule has 2 saturated carbocycles. The average Bonchev–Trinajstić information content (AvgIpc) is 2.77. The van der Waals surface area contributed by atoms with Crippen molar-refractivity contribution in [3.05, 3.63) is 11.8 Å². The highest BCUT2D eigenvalue weighted by Crippen LogP contribution is 2.53. The van der Waals surface area contributed by atoms with E-state index in [9.17, 15) is 0 Å². The molecule has 86 valence electrons. The van der Waals surface area contributed by atoms with Gasteiger partial charge in [0.05, 0.1) is 5.76 Å². The summed E-state index contributed by atoms with van der Waals surface area (Å²) >= 11 is 0. The second kappa shape index (κ2) is 3.84. The molecule has 2 fully saturated rings. The van der Waals surface area contributed by atoms with E-state index in [2.05, 4.69) is 26.8 Å². The Hall–Kier alpha value is -0.460. The predicted octanol–water partition coefficient (Wildman–Crippen LogP) is 4.14. The molecule has 0 aromatic carbocycles. The third-order valence-electron chi connectivity index (χ3n) is 4.46. The minimum Gasteiger partial charge on any atom is -0.493 e. The van der Waals surface area contributed by atoms with Gasteiger partial charge in [-0.2, -0.15) is 0 Å². The van der Waals surface area contributed by atoms with Crippen molar-refractivity contribution in [3.63, 3.8) is 0 Å². The molecule has 3 unspecified atom stereocenters. The van der Waals surface area contributed by atoms with Crippen molar-refractivity contribution in [3.8, 4) is 0 Å². The normalized spacial score (nSPS) is 36.0. The van der Waals surface area contributed by atoms with Crippen LogP contribution in [0, 0.1) is 17.8 Å². The molecule has 2 rings (SSSR count). The molecule has 0 aromatic rings. The van der Waals surface area contributed by atoms with Gasteiger partial charge in [-0.05, 0) is 64.9 Å². The quantitative estimate of drug-likeness (QED) is 0.633. The topological polar surface area (TPSA) is 9.23 Å². The summed E-state index contributed by atoms with van der Waals surface area (Å²) < 4.78 is 6.08. The highest BCUT2D eigenvalue weighted by molar-refractivity contribution is 4.99. The van der Waals surface area contributed by atoms with Crippen LogP contribution >= 0.6 is 0 Å². The van der Waals surface area contributed by atoms with E-state index in [0.29, 0.717) is 0 Å². The van der Waals surface area contributed by atoms with Gasteiger partial charge < -0.3 is 4.74 Å². The smallest absolute Gasteiger partial charge is 0.106 e. The van der Waals surface area contributed by atoms with Gasteiger partial charge in [0.1, 0.15) is 5.60 Å². The zero-order chi connectivity index (χ0) is 11.1. The summed E-state index contributed by atoms with van der Waals surface area (Å²) in [6.45, 7) is 8.65. The summed E-state index contributed by atoms with van der Waals surface area (Å²) in [4.78, 5) is 0. The lowest BCUT2D eigenvalue weighted by molar-refractivity contribution is -0.0365. The molecule has 0 aromatic heterocycles. The van der Waals surface area contributed by atoms with Crippen LogP contribution in [0.3, 0.4) is 0 Å². The van der Waals surface area contributed by atoms with Crippen LogP contribution in [0.2, 0.25) is 0 Å². The molecule has 2 bridgehead atoms. The molecule has 0 spiro atoms. The lowest BCUT2D eigenvalue weighted by Crippen LogP contribution is -2.37. The molecule has 2 aliphatic carbocycles. The maximum atomic E-state index is 6.08. The second-order valence-electron chi connectivity index (χ2n) is 5.89. The molecule has 0 radical (unpaired) electrons. The summed E-state index contributed by atoms with van der Waals surface area (Å²) in [7, 11) is 0. The maximum absolute atomic E-state index is 6.08. The van der Waals surface area contributed by atoms with Gasteiger partial charge in [-0.1, -0.05) is 6.42 Å². The Morgan fingerprint density at radius 2 is 2.00 bits per heavy atom. The fraction of sp³-hybridized carbons (Fsp3) is 0.857. The fourth-order valence-corrected chi connectivity index (χ4v) is 3.65. The summed E-state index contributed by atoms with van der Waals surface area (Å²) in [6, 6.07) is 0. The first-order valence-electron chi connectivity index (χ1n) is 6.35. The third-order valence-corrected chi connectivity index (χ3v) is 4.46. The SMILES string of the molecule is CC=C(C)OC(C)(C)C1CC2CCC1C2. The Balaban J connectivity index is 2.03. The average molecular weight is 208 g/mol. The molecule has 3 atom stereocenters. The number of hydrogen-bond acceptors (Lipinski definition) is 1. The van der Waals surface area contributed by atoms with Crippen molar-refractivity contribution < 1.29 is 4.74 Å². The van der Waals surface area contributed by atoms with E-state index in [1.807, 2.05) is 6.92 Å². The largest absolute Gasteiger partial charge is 0.493 e. The molecular formula is C14H24O. The van der Waals surface area contributed by atoms with Crippen LogP contribution in [0.4, 0.5) is 0 Å². The number of hydrogen-bond donors (Lipinski definition) is 0. The van der Waals surface area contributed by atoms with Crippen LogP contribution in [0.5, 0.6) is 0 Å². The first-order chi connectivity index (χ1) is 7.03. The van der Waals surface area contributed by atoms with E-state index in [1.54, 1.807) is 0 Å². The minimum absolute atomic E-state index is 0.0381.